The molecule has 0 heterocycles. The van der Waals surface area contributed by atoms with E-state index in [4.69, 9.17) is 0 Å². The molecule has 448 valence electrons. The summed E-state index contributed by atoms with van der Waals surface area (Å²) in [5.41, 5.74) is 5.71. The lowest BCUT2D eigenvalue weighted by Gasteiger charge is -2.32. The average Bonchev–Trinajstić information content (AvgIpc) is 3.44. The van der Waals surface area contributed by atoms with E-state index in [9.17, 15) is 40.9 Å². The van der Waals surface area contributed by atoms with Crippen LogP contribution in [0.1, 0.15) is 300 Å². The molecule has 0 saturated carbocycles. The highest BCUT2D eigenvalue weighted by atomic mass is 16.3. The molecule has 0 atom stereocenters. The van der Waals surface area contributed by atoms with Crippen molar-refractivity contribution in [1.29, 1.82) is 0 Å². The quantitative estimate of drug-likeness (QED) is 0.0192. The molecule has 0 saturated heterocycles. The minimum Gasteiger partial charge on any atom is -0.507 e. The summed E-state index contributed by atoms with van der Waals surface area (Å²) in [5, 5.41) is 118. The molecule has 80 heavy (non-hydrogen) atoms. The van der Waals surface area contributed by atoms with Crippen LogP contribution in [0.5, 0.6) is 46.0 Å². The summed E-state index contributed by atoms with van der Waals surface area (Å²) in [6.07, 6.45) is 19.8. The number of hydrogen-bond acceptors (Lipinski definition) is 12. The minimum atomic E-state index is -0.628. The number of hydrogen-bond donors (Lipinski definition) is 12. The zero-order valence-electron chi connectivity index (χ0n) is 50.8. The third-order valence-electron chi connectivity index (χ3n) is 17.1. The van der Waals surface area contributed by atoms with E-state index in [1.807, 2.05) is 24.3 Å². The summed E-state index contributed by atoms with van der Waals surface area (Å²) in [6, 6.07) is 7.69. The largest absolute Gasteiger partial charge is 0.507 e. The summed E-state index contributed by atoms with van der Waals surface area (Å²) in [4.78, 5) is 0. The molecule has 0 unspecified atom stereocenters. The summed E-state index contributed by atoms with van der Waals surface area (Å²) >= 11 is 0. The Kier molecular flexibility index (Phi) is 28.5. The first-order valence-electron chi connectivity index (χ1n) is 31.9. The molecular formula is C68H108N4O8. The van der Waals surface area contributed by atoms with E-state index < -0.39 is 23.7 Å². The summed E-state index contributed by atoms with van der Waals surface area (Å²) in [5.74, 6) is -2.99. The second kappa shape index (κ2) is 34.5. The Hall–Kier alpha value is -4.88. The van der Waals surface area contributed by atoms with Gasteiger partial charge in [0.05, 0.1) is 22.3 Å². The van der Waals surface area contributed by atoms with Crippen molar-refractivity contribution >= 4 is 0 Å². The van der Waals surface area contributed by atoms with E-state index in [1.165, 1.54) is 0 Å². The van der Waals surface area contributed by atoms with Crippen molar-refractivity contribution in [3.05, 3.63) is 91.0 Å². The van der Waals surface area contributed by atoms with Crippen molar-refractivity contribution < 1.29 is 40.9 Å². The highest BCUT2D eigenvalue weighted by Crippen LogP contribution is 2.56. The average molecular weight is 1110 g/mol. The van der Waals surface area contributed by atoms with Crippen molar-refractivity contribution in [2.75, 3.05) is 26.2 Å². The van der Waals surface area contributed by atoms with E-state index in [1.54, 1.807) is 0 Å². The molecule has 0 amide bonds. The Balaban J connectivity index is 2.14. The van der Waals surface area contributed by atoms with Crippen LogP contribution >= 0.6 is 0 Å². The first-order chi connectivity index (χ1) is 38.8. The lowest BCUT2D eigenvalue weighted by Crippen LogP contribution is -2.19. The molecule has 12 N–H and O–H groups in total. The summed E-state index contributed by atoms with van der Waals surface area (Å²) < 4.78 is 0. The van der Waals surface area contributed by atoms with Gasteiger partial charge in [-0.05, 0) is 102 Å². The monoisotopic (exact) mass is 1110 g/mol. The number of unbranched alkanes of at least 4 members (excludes halogenated alkanes) is 12. The molecule has 0 fully saturated rings. The van der Waals surface area contributed by atoms with Crippen LogP contribution in [0.25, 0.3) is 0 Å². The lowest BCUT2D eigenvalue weighted by molar-refractivity contribution is 0.403. The SMILES string of the molecule is CCCCCC1c2cc(c(O)c(CNCCCC)c2O)C(CCCCC)c2cc(c(O)c(CNCCCC)c2O)C(CCCCC)c2cc(c(O)c(CNCCCC)c2O)C(CCCCC)c2cc1c(O)c(CNCCCC)c2O. The normalized spacial score (nSPS) is 16.2. The van der Waals surface area contributed by atoms with Crippen molar-refractivity contribution in [2.45, 2.75) is 259 Å². The molecule has 8 bridgehead atoms. The number of phenolic OH excluding ortho intramolecular Hbond substituents is 8. The Labute approximate surface area is 482 Å². The molecule has 1 aliphatic rings. The van der Waals surface area contributed by atoms with Crippen LogP contribution < -0.4 is 21.3 Å². The van der Waals surface area contributed by atoms with E-state index >= 15 is 0 Å². The lowest BCUT2D eigenvalue weighted by atomic mass is 9.74. The Morgan fingerprint density at radius 3 is 0.562 bits per heavy atom. The van der Waals surface area contributed by atoms with Gasteiger partial charge in [0, 0.05) is 94.4 Å². The zero-order chi connectivity index (χ0) is 58.1. The second-order valence-corrected chi connectivity index (χ2v) is 23.2. The number of phenols is 8. The standard InChI is InChI=1S/C68H108N4O8/c1-9-17-25-29-45-49-37-51(63(75)57(61(49)73)41-69-33-21-13-5)46(30-26-18-10-2)53-39-55(67(79)59(65(53)77)43-71-35-23-15-7)48(32-28-20-12-4)56-40-54(66(78)60(68(56)80)44-72-36-24-16-8)47(31-27-19-11-3)52-38-50(45)62(74)58(64(52)76)42-70-34-22-14-6/h37-40,45-48,69-80H,9-36,41-44H2,1-8H3. The van der Waals surface area contributed by atoms with E-state index in [-0.39, 0.29) is 72.2 Å². The van der Waals surface area contributed by atoms with Gasteiger partial charge in [0.15, 0.2) is 0 Å². The van der Waals surface area contributed by atoms with Gasteiger partial charge in [-0.1, -0.05) is 158 Å². The third kappa shape index (κ3) is 16.7. The summed E-state index contributed by atoms with van der Waals surface area (Å²) in [7, 11) is 0. The molecule has 12 nitrogen and oxygen atoms in total. The first kappa shape index (κ1) is 65.9. The minimum absolute atomic E-state index is 0.0604. The maximum absolute atomic E-state index is 13.0. The van der Waals surface area contributed by atoms with Gasteiger partial charge < -0.3 is 62.1 Å². The van der Waals surface area contributed by atoms with Crippen LogP contribution in [0.3, 0.4) is 0 Å². The van der Waals surface area contributed by atoms with Crippen molar-refractivity contribution in [3.8, 4) is 46.0 Å². The van der Waals surface area contributed by atoms with E-state index in [2.05, 4.69) is 76.7 Å². The highest BCUT2D eigenvalue weighted by molar-refractivity contribution is 5.67. The Morgan fingerprint density at radius 1 is 0.250 bits per heavy atom. The number of fused-ring (bicyclic) bond motifs is 8. The third-order valence-corrected chi connectivity index (χ3v) is 17.1. The van der Waals surface area contributed by atoms with Crippen molar-refractivity contribution in [1.82, 2.24) is 21.3 Å². The molecule has 5 rings (SSSR count). The molecule has 4 aromatic rings. The van der Waals surface area contributed by atoms with Gasteiger partial charge in [-0.2, -0.15) is 0 Å². The first-order valence-corrected chi connectivity index (χ1v) is 31.9. The van der Waals surface area contributed by atoms with Crippen LogP contribution in [-0.2, 0) is 26.2 Å². The van der Waals surface area contributed by atoms with Crippen LogP contribution in [0.4, 0.5) is 0 Å². The maximum Gasteiger partial charge on any atom is 0.127 e. The molecule has 0 aliphatic heterocycles. The van der Waals surface area contributed by atoms with Crippen LogP contribution in [0, 0.1) is 0 Å². The molecule has 0 spiro atoms. The van der Waals surface area contributed by atoms with Gasteiger partial charge in [-0.15, -0.1) is 0 Å². The van der Waals surface area contributed by atoms with Gasteiger partial charge in [-0.3, -0.25) is 0 Å². The molecule has 0 aromatic heterocycles. The number of benzene rings is 4. The molecule has 12 heteroatoms. The smallest absolute Gasteiger partial charge is 0.127 e. The second-order valence-electron chi connectivity index (χ2n) is 23.2. The predicted molar refractivity (Wildman–Crippen MR) is 329 cm³/mol. The fourth-order valence-corrected chi connectivity index (χ4v) is 12.2. The van der Waals surface area contributed by atoms with Crippen LogP contribution in [0.2, 0.25) is 0 Å². The molecular weight excluding hydrogens is 1000 g/mol. The number of nitrogens with one attached hydrogen (secondary N) is 4. The highest BCUT2D eigenvalue weighted by Gasteiger charge is 2.37. The number of aromatic hydroxyl groups is 8. The maximum atomic E-state index is 13.0. The van der Waals surface area contributed by atoms with Gasteiger partial charge in [0.25, 0.3) is 0 Å². The number of rotatable bonds is 36. The van der Waals surface area contributed by atoms with E-state index in [0.29, 0.717) is 119 Å². The molecule has 4 aromatic carbocycles. The van der Waals surface area contributed by atoms with Crippen LogP contribution in [-0.4, -0.2) is 67.0 Å². The van der Waals surface area contributed by atoms with Gasteiger partial charge in [0.2, 0.25) is 0 Å². The van der Waals surface area contributed by atoms with E-state index in [0.717, 1.165) is 128 Å². The van der Waals surface area contributed by atoms with Crippen LogP contribution in [0.15, 0.2) is 24.3 Å². The fraction of sp³-hybridized carbons (Fsp3) is 0.647. The predicted octanol–water partition coefficient (Wildman–Crippen LogP) is 16.1. The Morgan fingerprint density at radius 2 is 0.412 bits per heavy atom. The van der Waals surface area contributed by atoms with Crippen molar-refractivity contribution in [3.63, 3.8) is 0 Å². The topological polar surface area (TPSA) is 210 Å². The van der Waals surface area contributed by atoms with Crippen molar-refractivity contribution in [2.24, 2.45) is 0 Å². The molecule has 0 radical (unpaired) electrons. The van der Waals surface area contributed by atoms with Gasteiger partial charge >= 0.3 is 0 Å². The van der Waals surface area contributed by atoms with Gasteiger partial charge in [-0.25, -0.2) is 0 Å². The zero-order valence-corrected chi connectivity index (χ0v) is 50.8. The summed E-state index contributed by atoms with van der Waals surface area (Å²) in [6.45, 7) is 20.4. The van der Waals surface area contributed by atoms with Gasteiger partial charge in [0.1, 0.15) is 46.0 Å². The molecule has 1 aliphatic carbocycles. The fourth-order valence-electron chi connectivity index (χ4n) is 12.2. The Bertz CT molecular complexity index is 2060.